The van der Waals surface area contributed by atoms with E-state index in [0.29, 0.717) is 6.20 Å². The molecule has 1 N–H and O–H groups in total. The minimum atomic E-state index is -1.41. The summed E-state index contributed by atoms with van der Waals surface area (Å²) in [7, 11) is 0. The fraction of sp³-hybridized carbons (Fsp3) is 0. The van der Waals surface area contributed by atoms with Gasteiger partial charge in [0.2, 0.25) is 0 Å². The van der Waals surface area contributed by atoms with Crippen LogP contribution in [0.25, 0.3) is 0 Å². The van der Waals surface area contributed by atoms with Crippen molar-refractivity contribution in [2.45, 2.75) is 0 Å². The van der Waals surface area contributed by atoms with Crippen molar-refractivity contribution >= 4 is 5.97 Å². The van der Waals surface area contributed by atoms with E-state index < -0.39 is 17.3 Å². The van der Waals surface area contributed by atoms with Gasteiger partial charge in [0, 0.05) is 0 Å². The normalized spacial score (nSPS) is 9.00. The Morgan fingerprint density at radius 1 is 1.75 bits per heavy atom. The molecule has 0 spiro atoms. The SMILES string of the molecule is N#Cc1cc(C(=O)O)c(F)cn1. The Hall–Kier alpha value is -1.96. The third kappa shape index (κ3) is 1.37. The lowest BCUT2D eigenvalue weighted by molar-refractivity contribution is 0.0691. The van der Waals surface area contributed by atoms with E-state index in [-0.39, 0.29) is 5.69 Å². The van der Waals surface area contributed by atoms with E-state index in [1.54, 1.807) is 6.07 Å². The van der Waals surface area contributed by atoms with Crippen molar-refractivity contribution in [1.29, 1.82) is 5.26 Å². The van der Waals surface area contributed by atoms with E-state index in [2.05, 4.69) is 4.98 Å². The number of nitrogens with zero attached hydrogens (tertiary/aromatic N) is 2. The molecule has 0 saturated carbocycles. The Morgan fingerprint density at radius 2 is 2.42 bits per heavy atom. The summed E-state index contributed by atoms with van der Waals surface area (Å²) in [6, 6.07) is 2.49. The molecule has 0 unspecified atom stereocenters. The van der Waals surface area contributed by atoms with Gasteiger partial charge in [-0.05, 0) is 6.07 Å². The molecule has 0 atom stereocenters. The standard InChI is InChI=1S/C7H3FN2O2/c8-6-3-10-4(2-9)1-5(6)7(11)12/h1,3H,(H,11,12). The second kappa shape index (κ2) is 2.96. The first-order chi connectivity index (χ1) is 5.65. The summed E-state index contributed by atoms with van der Waals surface area (Å²) in [6.45, 7) is 0. The van der Waals surface area contributed by atoms with Crippen molar-refractivity contribution in [3.8, 4) is 6.07 Å². The highest BCUT2D eigenvalue weighted by Gasteiger charge is 2.10. The summed E-state index contributed by atoms with van der Waals surface area (Å²) in [5.74, 6) is -2.35. The predicted octanol–water partition coefficient (Wildman–Crippen LogP) is 0.791. The highest BCUT2D eigenvalue weighted by molar-refractivity contribution is 5.88. The molecule has 0 aliphatic carbocycles. The Kier molecular flexibility index (Phi) is 2.01. The molecular weight excluding hydrogens is 163 g/mol. The molecule has 0 saturated heterocycles. The number of carbonyl (C=O) groups is 1. The predicted molar refractivity (Wildman–Crippen MR) is 35.9 cm³/mol. The van der Waals surface area contributed by atoms with Gasteiger partial charge in [0.1, 0.15) is 11.8 Å². The van der Waals surface area contributed by atoms with Crippen LogP contribution < -0.4 is 0 Å². The number of hydrogen-bond donors (Lipinski definition) is 1. The van der Waals surface area contributed by atoms with Gasteiger partial charge in [0.25, 0.3) is 0 Å². The number of halogens is 1. The van der Waals surface area contributed by atoms with Crippen LogP contribution in [0.5, 0.6) is 0 Å². The third-order valence-corrected chi connectivity index (χ3v) is 1.20. The smallest absolute Gasteiger partial charge is 0.338 e. The number of aromatic nitrogens is 1. The summed E-state index contributed by atoms with van der Waals surface area (Å²) < 4.78 is 12.6. The second-order valence-corrected chi connectivity index (χ2v) is 1.97. The molecular formula is C7H3FN2O2. The molecule has 5 heteroatoms. The molecule has 0 aromatic carbocycles. The van der Waals surface area contributed by atoms with Crippen LogP contribution in [-0.2, 0) is 0 Å². The Morgan fingerprint density at radius 3 is 2.92 bits per heavy atom. The molecule has 0 amide bonds. The van der Waals surface area contributed by atoms with Crippen LogP contribution in [-0.4, -0.2) is 16.1 Å². The zero-order valence-corrected chi connectivity index (χ0v) is 5.78. The van der Waals surface area contributed by atoms with Crippen molar-refractivity contribution in [1.82, 2.24) is 4.98 Å². The minimum absolute atomic E-state index is 0.117. The van der Waals surface area contributed by atoms with Gasteiger partial charge >= 0.3 is 5.97 Å². The van der Waals surface area contributed by atoms with E-state index in [4.69, 9.17) is 10.4 Å². The molecule has 0 aliphatic rings. The first-order valence-corrected chi connectivity index (χ1v) is 2.94. The molecule has 0 radical (unpaired) electrons. The Balaban J connectivity index is 3.28. The van der Waals surface area contributed by atoms with Gasteiger partial charge in [-0.15, -0.1) is 0 Å². The van der Waals surface area contributed by atoms with Gasteiger partial charge in [0.15, 0.2) is 5.82 Å². The fourth-order valence-electron chi connectivity index (χ4n) is 0.664. The molecule has 1 heterocycles. The number of rotatable bonds is 1. The van der Waals surface area contributed by atoms with E-state index in [1.807, 2.05) is 0 Å². The van der Waals surface area contributed by atoms with E-state index >= 15 is 0 Å². The van der Waals surface area contributed by atoms with Crippen LogP contribution in [0.3, 0.4) is 0 Å². The first kappa shape index (κ1) is 8.14. The number of pyridine rings is 1. The summed E-state index contributed by atoms with van der Waals surface area (Å²) in [4.78, 5) is 13.7. The number of hydrogen-bond acceptors (Lipinski definition) is 3. The Bertz CT molecular complexity index is 370. The maximum absolute atomic E-state index is 12.6. The van der Waals surface area contributed by atoms with Crippen LogP contribution in [0, 0.1) is 17.1 Å². The summed E-state index contributed by atoms with van der Waals surface area (Å²) >= 11 is 0. The van der Waals surface area contributed by atoms with Crippen molar-refractivity contribution in [2.24, 2.45) is 0 Å². The monoisotopic (exact) mass is 166 g/mol. The minimum Gasteiger partial charge on any atom is -0.478 e. The molecule has 0 fully saturated rings. The van der Waals surface area contributed by atoms with E-state index in [1.165, 1.54) is 0 Å². The molecule has 12 heavy (non-hydrogen) atoms. The summed E-state index contributed by atoms with van der Waals surface area (Å²) in [5.41, 5.74) is -0.657. The highest BCUT2D eigenvalue weighted by atomic mass is 19.1. The van der Waals surface area contributed by atoms with Crippen LogP contribution >= 0.6 is 0 Å². The maximum Gasteiger partial charge on any atom is 0.338 e. The van der Waals surface area contributed by atoms with Gasteiger partial charge in [-0.3, -0.25) is 0 Å². The van der Waals surface area contributed by atoms with Gasteiger partial charge in [-0.2, -0.15) is 5.26 Å². The first-order valence-electron chi connectivity index (χ1n) is 2.94. The van der Waals surface area contributed by atoms with Gasteiger partial charge in [-0.1, -0.05) is 0 Å². The molecule has 0 aliphatic heterocycles. The molecule has 60 valence electrons. The van der Waals surface area contributed by atoms with Crippen molar-refractivity contribution < 1.29 is 14.3 Å². The van der Waals surface area contributed by atoms with Gasteiger partial charge in [-0.25, -0.2) is 14.2 Å². The van der Waals surface area contributed by atoms with Crippen molar-refractivity contribution in [3.63, 3.8) is 0 Å². The lowest BCUT2D eigenvalue weighted by Gasteiger charge is -1.95. The molecule has 1 aromatic rings. The van der Waals surface area contributed by atoms with Gasteiger partial charge in [0.05, 0.1) is 11.8 Å². The van der Waals surface area contributed by atoms with Crippen molar-refractivity contribution in [2.75, 3.05) is 0 Å². The van der Waals surface area contributed by atoms with Gasteiger partial charge < -0.3 is 5.11 Å². The second-order valence-electron chi connectivity index (χ2n) is 1.97. The van der Waals surface area contributed by atoms with Crippen molar-refractivity contribution in [3.05, 3.63) is 29.3 Å². The maximum atomic E-state index is 12.6. The molecule has 1 aromatic heterocycles. The highest BCUT2D eigenvalue weighted by Crippen LogP contribution is 2.06. The fourth-order valence-corrected chi connectivity index (χ4v) is 0.664. The molecule has 0 bridgehead atoms. The average Bonchev–Trinajstić information content (AvgIpc) is 2.05. The quantitative estimate of drug-likeness (QED) is 0.669. The van der Waals surface area contributed by atoms with Crippen LogP contribution in [0.2, 0.25) is 0 Å². The lowest BCUT2D eigenvalue weighted by atomic mass is 10.2. The largest absolute Gasteiger partial charge is 0.478 e. The molecule has 1 rings (SSSR count). The summed E-state index contributed by atoms with van der Waals surface area (Å²) in [5, 5.41) is 16.7. The Labute approximate surface area is 66.9 Å². The van der Waals surface area contributed by atoms with E-state index in [0.717, 1.165) is 6.07 Å². The number of carboxylic acids is 1. The van der Waals surface area contributed by atoms with Crippen LogP contribution in [0.15, 0.2) is 12.3 Å². The number of nitriles is 1. The average molecular weight is 166 g/mol. The van der Waals surface area contributed by atoms with Crippen LogP contribution in [0.4, 0.5) is 4.39 Å². The summed E-state index contributed by atoms with van der Waals surface area (Å²) in [6.07, 6.45) is 0.710. The third-order valence-electron chi connectivity index (χ3n) is 1.20. The topological polar surface area (TPSA) is 74.0 Å². The lowest BCUT2D eigenvalue weighted by Crippen LogP contribution is -2.02. The molecule has 4 nitrogen and oxygen atoms in total. The van der Waals surface area contributed by atoms with Crippen LogP contribution in [0.1, 0.15) is 16.1 Å². The number of carboxylic acid groups (broad SMARTS) is 1. The zero-order valence-electron chi connectivity index (χ0n) is 5.78. The zero-order chi connectivity index (χ0) is 9.14. The van der Waals surface area contributed by atoms with E-state index in [9.17, 15) is 9.18 Å². The number of aromatic carboxylic acids is 1.